The summed E-state index contributed by atoms with van der Waals surface area (Å²) < 4.78 is 35.5. The molecule has 2 aromatic carbocycles. The highest BCUT2D eigenvalue weighted by Gasteiger charge is 2.19. The Morgan fingerprint density at radius 3 is 1.71 bits per heavy atom. The van der Waals surface area contributed by atoms with E-state index in [1.807, 2.05) is 0 Å². The van der Waals surface area contributed by atoms with Crippen LogP contribution >= 0.6 is 7.60 Å². The largest absolute Gasteiger partial charge is 0.508 e. The van der Waals surface area contributed by atoms with Crippen LogP contribution in [0.1, 0.15) is 5.56 Å². The van der Waals surface area contributed by atoms with E-state index in [9.17, 15) is 13.0 Å². The topological polar surface area (TPSA) is 112 Å². The summed E-state index contributed by atoms with van der Waals surface area (Å²) in [6.07, 6.45) is -0.438. The summed E-state index contributed by atoms with van der Waals surface area (Å²) in [5, 5.41) is 9.17. The summed E-state index contributed by atoms with van der Waals surface area (Å²) >= 11 is 0. The third-order valence-electron chi connectivity index (χ3n) is 2.77. The minimum atomic E-state index is -4.18. The van der Waals surface area contributed by atoms with Gasteiger partial charge in [-0.05, 0) is 42.0 Å². The van der Waals surface area contributed by atoms with Crippen molar-refractivity contribution < 1.29 is 27.9 Å². The Bertz CT molecular complexity index is 774. The number of sulfone groups is 1. The van der Waals surface area contributed by atoms with E-state index in [2.05, 4.69) is 0 Å². The Labute approximate surface area is 121 Å². The van der Waals surface area contributed by atoms with Gasteiger partial charge in [0, 0.05) is 0 Å². The predicted octanol–water partition coefficient (Wildman–Crippen LogP) is 1.90. The molecule has 0 aliphatic rings. The Morgan fingerprint density at radius 2 is 1.29 bits per heavy atom. The summed E-state index contributed by atoms with van der Waals surface area (Å²) in [5.74, 6) is -0.0362. The minimum absolute atomic E-state index is 0.0163. The molecular weight excluding hydrogens is 315 g/mol. The molecule has 0 spiro atoms. The minimum Gasteiger partial charge on any atom is -0.508 e. The molecule has 112 valence electrons. The lowest BCUT2D eigenvalue weighted by Crippen LogP contribution is -2.02. The highest BCUT2D eigenvalue weighted by Crippen LogP contribution is 2.39. The predicted molar refractivity (Wildman–Crippen MR) is 75.7 cm³/mol. The number of phenols is 1. The Balaban J connectivity index is 2.33. The molecule has 0 bridgehead atoms. The lowest BCUT2D eigenvalue weighted by atomic mass is 10.2. The Hall–Kier alpha value is -1.66. The van der Waals surface area contributed by atoms with Gasteiger partial charge in [-0.2, -0.15) is 0 Å². The van der Waals surface area contributed by atoms with Gasteiger partial charge in [0.2, 0.25) is 9.84 Å². The van der Waals surface area contributed by atoms with E-state index in [1.54, 1.807) is 0 Å². The van der Waals surface area contributed by atoms with Crippen molar-refractivity contribution in [1.29, 1.82) is 0 Å². The smallest absolute Gasteiger partial charge is 0.329 e. The van der Waals surface area contributed by atoms with Crippen LogP contribution in [0.15, 0.2) is 58.3 Å². The first kappa shape index (κ1) is 15.7. The van der Waals surface area contributed by atoms with Crippen LogP contribution in [0.25, 0.3) is 0 Å². The molecule has 0 amide bonds. The summed E-state index contributed by atoms with van der Waals surface area (Å²) in [5.41, 5.74) is 0.355. The molecule has 0 aliphatic carbocycles. The van der Waals surface area contributed by atoms with Gasteiger partial charge in [0.25, 0.3) is 0 Å². The van der Waals surface area contributed by atoms with Crippen molar-refractivity contribution in [2.45, 2.75) is 16.0 Å². The van der Waals surface area contributed by atoms with Gasteiger partial charge < -0.3 is 14.9 Å². The van der Waals surface area contributed by atoms with Crippen LogP contribution in [-0.4, -0.2) is 23.3 Å². The fourth-order valence-corrected chi connectivity index (χ4v) is 3.72. The maximum absolute atomic E-state index is 12.3. The average molecular weight is 328 g/mol. The van der Waals surface area contributed by atoms with Gasteiger partial charge in [0.05, 0.1) is 16.0 Å². The average Bonchev–Trinajstić information content (AvgIpc) is 2.38. The van der Waals surface area contributed by atoms with Crippen molar-refractivity contribution in [3.63, 3.8) is 0 Å². The molecule has 0 aliphatic heterocycles. The van der Waals surface area contributed by atoms with E-state index in [-0.39, 0.29) is 15.5 Å². The Morgan fingerprint density at radius 1 is 0.857 bits per heavy atom. The van der Waals surface area contributed by atoms with Crippen LogP contribution in [0.3, 0.4) is 0 Å². The lowest BCUT2D eigenvalue weighted by Gasteiger charge is -2.07. The van der Waals surface area contributed by atoms with Gasteiger partial charge in [-0.15, -0.1) is 0 Å². The molecular formula is C13H13O6PS. The second-order valence-corrected chi connectivity index (χ2v) is 8.06. The van der Waals surface area contributed by atoms with Crippen molar-refractivity contribution in [3.8, 4) is 5.75 Å². The molecule has 0 fully saturated rings. The molecule has 21 heavy (non-hydrogen) atoms. The van der Waals surface area contributed by atoms with Crippen molar-refractivity contribution in [2.75, 3.05) is 0 Å². The van der Waals surface area contributed by atoms with Crippen LogP contribution in [-0.2, 0) is 20.6 Å². The van der Waals surface area contributed by atoms with E-state index < -0.39 is 23.6 Å². The van der Waals surface area contributed by atoms with Crippen LogP contribution < -0.4 is 0 Å². The maximum Gasteiger partial charge on any atom is 0.329 e. The van der Waals surface area contributed by atoms with Gasteiger partial charge in [-0.3, -0.25) is 4.57 Å². The zero-order valence-corrected chi connectivity index (χ0v) is 12.5. The summed E-state index contributed by atoms with van der Waals surface area (Å²) in [4.78, 5) is 17.8. The van der Waals surface area contributed by atoms with Crippen molar-refractivity contribution >= 4 is 17.4 Å². The van der Waals surface area contributed by atoms with Gasteiger partial charge >= 0.3 is 7.60 Å². The zero-order chi connectivity index (χ0) is 15.7. The molecule has 0 heterocycles. The van der Waals surface area contributed by atoms with E-state index in [0.717, 1.165) is 0 Å². The molecule has 2 aromatic rings. The molecule has 2 rings (SSSR count). The van der Waals surface area contributed by atoms with Crippen LogP contribution in [0.5, 0.6) is 5.75 Å². The summed E-state index contributed by atoms with van der Waals surface area (Å²) in [6, 6.07) is 10.5. The van der Waals surface area contributed by atoms with Gasteiger partial charge in [0.15, 0.2) is 0 Å². The van der Waals surface area contributed by atoms with Gasteiger partial charge in [0.1, 0.15) is 5.75 Å². The normalized spacial score (nSPS) is 12.3. The maximum atomic E-state index is 12.3. The molecule has 6 nitrogen and oxygen atoms in total. The fraction of sp³-hybridized carbons (Fsp3) is 0.0769. The number of hydrogen-bond donors (Lipinski definition) is 3. The Kier molecular flexibility index (Phi) is 4.20. The standard InChI is InChI=1S/C13H13O6PS/c14-11-3-7-13(8-4-11)21(18,19)12-5-1-10(2-6-12)9-20(15,16)17/h1-8,14H,9H2,(H2,15,16,17). The quantitative estimate of drug-likeness (QED) is 0.739. The first-order valence-corrected chi connectivity index (χ1v) is 9.14. The molecule has 3 N–H and O–H groups in total. The number of benzene rings is 2. The fourth-order valence-electron chi connectivity index (χ4n) is 1.77. The van der Waals surface area contributed by atoms with Crippen LogP contribution in [0.4, 0.5) is 0 Å². The van der Waals surface area contributed by atoms with Crippen molar-refractivity contribution in [1.82, 2.24) is 0 Å². The SMILES string of the molecule is O=P(O)(O)Cc1ccc(S(=O)(=O)c2ccc(O)cc2)cc1. The third-order valence-corrected chi connectivity index (χ3v) is 5.33. The molecule has 0 aromatic heterocycles. The second kappa shape index (κ2) is 5.61. The first-order chi connectivity index (χ1) is 9.68. The second-order valence-electron chi connectivity index (χ2n) is 4.46. The summed E-state index contributed by atoms with van der Waals surface area (Å²) in [7, 11) is -7.91. The number of hydrogen-bond acceptors (Lipinski definition) is 4. The molecule has 0 atom stereocenters. The highest BCUT2D eigenvalue weighted by atomic mass is 32.2. The number of aromatic hydroxyl groups is 1. The lowest BCUT2D eigenvalue weighted by molar-refractivity contribution is 0.371. The number of phenolic OH excluding ortho intramolecular Hbond substituents is 1. The molecule has 0 radical (unpaired) electrons. The highest BCUT2D eigenvalue weighted by molar-refractivity contribution is 7.91. The van der Waals surface area contributed by atoms with E-state index in [4.69, 9.17) is 14.9 Å². The van der Waals surface area contributed by atoms with E-state index in [0.29, 0.717) is 5.56 Å². The van der Waals surface area contributed by atoms with Crippen molar-refractivity contribution in [2.24, 2.45) is 0 Å². The van der Waals surface area contributed by atoms with Crippen LogP contribution in [0, 0.1) is 0 Å². The van der Waals surface area contributed by atoms with Gasteiger partial charge in [-0.1, -0.05) is 12.1 Å². The summed E-state index contributed by atoms with van der Waals surface area (Å²) in [6.45, 7) is 0. The molecule has 0 unspecified atom stereocenters. The zero-order valence-electron chi connectivity index (χ0n) is 10.7. The number of rotatable bonds is 4. The van der Waals surface area contributed by atoms with Crippen molar-refractivity contribution in [3.05, 3.63) is 54.1 Å². The van der Waals surface area contributed by atoms with Crippen LogP contribution in [0.2, 0.25) is 0 Å². The molecule has 0 saturated heterocycles. The first-order valence-electron chi connectivity index (χ1n) is 5.86. The van der Waals surface area contributed by atoms with E-state index >= 15 is 0 Å². The van der Waals surface area contributed by atoms with E-state index in [1.165, 1.54) is 48.5 Å². The van der Waals surface area contributed by atoms with Gasteiger partial charge in [-0.25, -0.2) is 8.42 Å². The molecule has 0 saturated carbocycles. The molecule has 8 heteroatoms. The monoisotopic (exact) mass is 328 g/mol. The third kappa shape index (κ3) is 3.92.